The van der Waals surface area contributed by atoms with Gasteiger partial charge in [0.15, 0.2) is 5.69 Å². The Morgan fingerprint density at radius 2 is 2.00 bits per heavy atom. The van der Waals surface area contributed by atoms with Crippen molar-refractivity contribution in [3.05, 3.63) is 24.3 Å². The topological polar surface area (TPSA) is 20.3 Å². The van der Waals surface area contributed by atoms with Crippen LogP contribution < -0.4 is 8.79 Å². The third-order valence-electron chi connectivity index (χ3n) is 2.72. The third kappa shape index (κ3) is 1.01. The quantitative estimate of drug-likeness (QED) is 0.523. The molecule has 0 spiro atoms. The van der Waals surface area contributed by atoms with Gasteiger partial charge < -0.3 is 0 Å². The Kier molecular flexibility index (Phi) is 2.05. The summed E-state index contributed by atoms with van der Waals surface area (Å²) in [6.07, 6.45) is 1.95. The average molecular weight is 209 g/mol. The molecule has 2 rings (SSSR count). The van der Waals surface area contributed by atoms with Gasteiger partial charge in [0, 0.05) is 19.4 Å². The van der Waals surface area contributed by atoms with Crippen LogP contribution in [0.25, 0.3) is 0 Å². The average Bonchev–Trinajstić information content (AvgIpc) is 2.43. The number of carbonyl (C=O) groups is 1. The number of para-hydroxylation sites is 2. The standard InChI is InChI=1S/C10H13N2OS/c1-11-8-6-4-5-7-9(8)12(2,14-3)10(11)13/h4-7H,1-3H3/q+1. The van der Waals surface area contributed by atoms with Crippen molar-refractivity contribution < 1.29 is 4.79 Å². The predicted octanol–water partition coefficient (Wildman–Crippen LogP) is 2.47. The zero-order chi connectivity index (χ0) is 10.3. The molecular weight excluding hydrogens is 196 g/mol. The van der Waals surface area contributed by atoms with E-state index < -0.39 is 0 Å². The molecule has 0 radical (unpaired) electrons. The zero-order valence-electron chi connectivity index (χ0n) is 8.52. The van der Waals surface area contributed by atoms with E-state index in [0.29, 0.717) is 3.89 Å². The van der Waals surface area contributed by atoms with Crippen molar-refractivity contribution in [1.82, 2.24) is 3.89 Å². The van der Waals surface area contributed by atoms with Gasteiger partial charge in [-0.15, -0.1) is 3.89 Å². The van der Waals surface area contributed by atoms with Gasteiger partial charge in [-0.3, -0.25) is 4.90 Å². The van der Waals surface area contributed by atoms with Gasteiger partial charge in [-0.05, 0) is 6.07 Å². The van der Waals surface area contributed by atoms with Crippen molar-refractivity contribution in [1.29, 1.82) is 0 Å². The minimum absolute atomic E-state index is 0.110. The normalized spacial score (nSPS) is 25.4. The molecule has 4 heteroatoms. The van der Waals surface area contributed by atoms with Gasteiger partial charge >= 0.3 is 6.03 Å². The highest BCUT2D eigenvalue weighted by Gasteiger charge is 2.47. The molecule has 14 heavy (non-hydrogen) atoms. The van der Waals surface area contributed by atoms with Crippen LogP contribution in [0, 0.1) is 0 Å². The number of rotatable bonds is 1. The van der Waals surface area contributed by atoms with Gasteiger partial charge in [-0.1, -0.05) is 12.1 Å². The summed E-state index contributed by atoms with van der Waals surface area (Å²) >= 11 is 1.54. The van der Waals surface area contributed by atoms with E-state index in [1.807, 2.05) is 44.6 Å². The van der Waals surface area contributed by atoms with Gasteiger partial charge in [-0.2, -0.15) is 0 Å². The van der Waals surface area contributed by atoms with Crippen LogP contribution in [0.4, 0.5) is 16.2 Å². The lowest BCUT2D eigenvalue weighted by atomic mass is 10.2. The second kappa shape index (κ2) is 3.00. The van der Waals surface area contributed by atoms with Crippen LogP contribution in [0.3, 0.4) is 0 Å². The van der Waals surface area contributed by atoms with Gasteiger partial charge in [0.05, 0.1) is 19.0 Å². The van der Waals surface area contributed by atoms with Crippen LogP contribution in [-0.4, -0.2) is 26.4 Å². The van der Waals surface area contributed by atoms with Crippen LogP contribution in [-0.2, 0) is 0 Å². The van der Waals surface area contributed by atoms with Crippen molar-refractivity contribution in [2.45, 2.75) is 0 Å². The maximum Gasteiger partial charge on any atom is 0.440 e. The summed E-state index contributed by atoms with van der Waals surface area (Å²) in [6, 6.07) is 8.02. The first-order valence-electron chi connectivity index (χ1n) is 4.41. The monoisotopic (exact) mass is 209 g/mol. The van der Waals surface area contributed by atoms with E-state index in [4.69, 9.17) is 0 Å². The van der Waals surface area contributed by atoms with Crippen molar-refractivity contribution in [3.8, 4) is 0 Å². The van der Waals surface area contributed by atoms with E-state index >= 15 is 0 Å². The molecule has 1 atom stereocenters. The number of amides is 2. The van der Waals surface area contributed by atoms with Gasteiger partial charge in [0.1, 0.15) is 5.69 Å². The number of benzene rings is 1. The predicted molar refractivity (Wildman–Crippen MR) is 61.5 cm³/mol. The second-order valence-corrected chi connectivity index (χ2v) is 4.53. The molecule has 1 aromatic carbocycles. The highest BCUT2D eigenvalue weighted by atomic mass is 32.2. The minimum atomic E-state index is 0.110. The molecular formula is C10H13N2OS+. The van der Waals surface area contributed by atoms with E-state index in [1.165, 1.54) is 11.9 Å². The lowest BCUT2D eigenvalue weighted by Crippen LogP contribution is -2.44. The molecule has 74 valence electrons. The SMILES string of the molecule is CS[N+]1(C)C(=O)N(C)c2ccccc21. The van der Waals surface area contributed by atoms with E-state index in [-0.39, 0.29) is 6.03 Å². The van der Waals surface area contributed by atoms with E-state index in [0.717, 1.165) is 11.4 Å². The molecule has 0 aromatic heterocycles. The Morgan fingerprint density at radius 1 is 1.36 bits per heavy atom. The Bertz CT molecular complexity index is 393. The van der Waals surface area contributed by atoms with Gasteiger partial charge in [-0.25, -0.2) is 4.79 Å². The molecule has 1 unspecified atom stereocenters. The molecule has 2 amide bonds. The number of carbonyl (C=O) groups excluding carboxylic acids is 1. The fourth-order valence-corrected chi connectivity index (χ4v) is 2.41. The lowest BCUT2D eigenvalue weighted by Gasteiger charge is -2.20. The molecule has 1 heterocycles. The number of quaternary nitrogens is 1. The van der Waals surface area contributed by atoms with Gasteiger partial charge in [0.25, 0.3) is 0 Å². The Labute approximate surface area is 88.0 Å². The Balaban J connectivity index is 2.65. The highest BCUT2D eigenvalue weighted by molar-refractivity contribution is 7.98. The molecule has 0 N–H and O–H groups in total. The number of hydrogen-bond donors (Lipinski definition) is 0. The van der Waals surface area contributed by atoms with E-state index in [2.05, 4.69) is 0 Å². The minimum Gasteiger partial charge on any atom is -0.258 e. The third-order valence-corrected chi connectivity index (χ3v) is 3.80. The number of anilines is 1. The van der Waals surface area contributed by atoms with Crippen LogP contribution in [0.5, 0.6) is 0 Å². The number of fused-ring (bicyclic) bond motifs is 1. The summed E-state index contributed by atoms with van der Waals surface area (Å²) in [4.78, 5) is 13.7. The second-order valence-electron chi connectivity index (χ2n) is 3.44. The molecule has 1 aliphatic heterocycles. The molecule has 0 bridgehead atoms. The summed E-state index contributed by atoms with van der Waals surface area (Å²) in [5.41, 5.74) is 2.07. The largest absolute Gasteiger partial charge is 0.440 e. The zero-order valence-corrected chi connectivity index (χ0v) is 9.34. The first kappa shape index (κ1) is 9.55. The van der Waals surface area contributed by atoms with Gasteiger partial charge in [0.2, 0.25) is 0 Å². The van der Waals surface area contributed by atoms with Crippen molar-refractivity contribution in [2.24, 2.45) is 0 Å². The number of nitrogens with zero attached hydrogens (tertiary/aromatic N) is 2. The fraction of sp³-hybridized carbons (Fsp3) is 0.300. The summed E-state index contributed by atoms with van der Waals surface area (Å²) < 4.78 is 0.298. The molecule has 0 aliphatic carbocycles. The van der Waals surface area contributed by atoms with Crippen LogP contribution >= 0.6 is 11.9 Å². The first-order valence-corrected chi connectivity index (χ1v) is 5.59. The molecule has 0 fully saturated rings. The number of hydrogen-bond acceptors (Lipinski definition) is 2. The summed E-state index contributed by atoms with van der Waals surface area (Å²) in [7, 11) is 3.75. The fourth-order valence-electron chi connectivity index (χ4n) is 1.78. The lowest BCUT2D eigenvalue weighted by molar-refractivity contribution is 0.240. The first-order chi connectivity index (χ1) is 6.61. The smallest absolute Gasteiger partial charge is 0.258 e. The van der Waals surface area contributed by atoms with Crippen LogP contribution in [0.15, 0.2) is 24.3 Å². The molecule has 1 aromatic rings. The van der Waals surface area contributed by atoms with Crippen LogP contribution in [0.2, 0.25) is 0 Å². The van der Waals surface area contributed by atoms with E-state index in [9.17, 15) is 4.79 Å². The Hall–Kier alpha value is -1.00. The maximum absolute atomic E-state index is 12.0. The molecule has 0 saturated carbocycles. The Morgan fingerprint density at radius 3 is 2.64 bits per heavy atom. The number of urea groups is 1. The van der Waals surface area contributed by atoms with Crippen LogP contribution in [0.1, 0.15) is 0 Å². The summed E-state index contributed by atoms with van der Waals surface area (Å²) in [5.74, 6) is 0. The highest BCUT2D eigenvalue weighted by Crippen LogP contribution is 2.44. The van der Waals surface area contributed by atoms with Crippen molar-refractivity contribution in [3.63, 3.8) is 0 Å². The molecule has 3 nitrogen and oxygen atoms in total. The summed E-state index contributed by atoms with van der Waals surface area (Å²) in [5, 5.41) is 0. The summed E-state index contributed by atoms with van der Waals surface area (Å²) in [6.45, 7) is 0. The van der Waals surface area contributed by atoms with E-state index in [1.54, 1.807) is 4.90 Å². The van der Waals surface area contributed by atoms with Crippen molar-refractivity contribution in [2.75, 3.05) is 25.3 Å². The van der Waals surface area contributed by atoms with Crippen molar-refractivity contribution >= 4 is 29.4 Å². The maximum atomic E-state index is 12.0. The molecule has 1 aliphatic rings. The molecule has 0 saturated heterocycles.